The molecule has 0 fully saturated rings. The van der Waals surface area contributed by atoms with E-state index in [1.165, 1.54) is 0 Å². The molecule has 1 rings (SSSR count). The molecule has 0 saturated carbocycles. The second-order valence-electron chi connectivity index (χ2n) is 5.65. The fourth-order valence-electron chi connectivity index (χ4n) is 1.62. The Labute approximate surface area is 132 Å². The first-order valence-electron chi connectivity index (χ1n) is 6.67. The Bertz CT molecular complexity index is 399. The maximum Gasteiger partial charge on any atom is 0.251 e. The minimum absolute atomic E-state index is 0. The van der Waals surface area contributed by atoms with Crippen LogP contribution in [0.4, 0.5) is 0 Å². The van der Waals surface area contributed by atoms with E-state index in [4.69, 9.17) is 11.6 Å². The Hall–Kier alpha value is -0.770. The molecule has 114 valence electrons. The minimum atomic E-state index is -0.0413. The Balaban J connectivity index is 0.00000361. The number of amides is 1. The summed E-state index contributed by atoms with van der Waals surface area (Å²) in [6.07, 6.45) is 2.03. The zero-order chi connectivity index (χ0) is 14.3. The Morgan fingerprint density at radius 1 is 1.10 bits per heavy atom. The van der Waals surface area contributed by atoms with Crippen LogP contribution in [0, 0.1) is 0 Å². The first-order chi connectivity index (χ1) is 8.88. The molecule has 5 heteroatoms. The van der Waals surface area contributed by atoms with Crippen LogP contribution in [0.2, 0.25) is 5.02 Å². The molecule has 1 aromatic carbocycles. The molecule has 1 aromatic rings. The highest BCUT2D eigenvalue weighted by atomic mass is 35.5. The summed E-state index contributed by atoms with van der Waals surface area (Å²) in [7, 11) is 0. The zero-order valence-corrected chi connectivity index (χ0v) is 13.9. The number of unbranched alkanes of at least 4 members (excludes halogenated alkanes) is 1. The van der Waals surface area contributed by atoms with Crippen molar-refractivity contribution in [1.82, 2.24) is 10.6 Å². The number of carbonyl (C=O) groups excluding carboxylic acids is 1. The van der Waals surface area contributed by atoms with Crippen molar-refractivity contribution in [2.75, 3.05) is 13.1 Å². The van der Waals surface area contributed by atoms with E-state index in [9.17, 15) is 4.79 Å². The van der Waals surface area contributed by atoms with Gasteiger partial charge in [0.1, 0.15) is 0 Å². The van der Waals surface area contributed by atoms with Gasteiger partial charge in [-0.25, -0.2) is 0 Å². The number of rotatable bonds is 6. The molecule has 0 radical (unpaired) electrons. The van der Waals surface area contributed by atoms with E-state index < -0.39 is 0 Å². The van der Waals surface area contributed by atoms with Crippen molar-refractivity contribution in [3.8, 4) is 0 Å². The van der Waals surface area contributed by atoms with Gasteiger partial charge in [-0.15, -0.1) is 12.4 Å². The lowest BCUT2D eigenvalue weighted by atomic mass is 10.1. The average molecular weight is 319 g/mol. The molecule has 2 N–H and O–H groups in total. The first kappa shape index (κ1) is 19.2. The fourth-order valence-corrected chi connectivity index (χ4v) is 1.74. The molecule has 0 bridgehead atoms. The van der Waals surface area contributed by atoms with Crippen molar-refractivity contribution in [2.45, 2.75) is 39.2 Å². The van der Waals surface area contributed by atoms with Crippen molar-refractivity contribution in [1.29, 1.82) is 0 Å². The summed E-state index contributed by atoms with van der Waals surface area (Å²) in [6.45, 7) is 8.12. The molecule has 0 aliphatic carbocycles. The van der Waals surface area contributed by atoms with Gasteiger partial charge in [-0.3, -0.25) is 4.79 Å². The van der Waals surface area contributed by atoms with E-state index in [0.29, 0.717) is 17.1 Å². The Kier molecular flexibility index (Phi) is 8.86. The third kappa shape index (κ3) is 8.41. The fraction of sp³-hybridized carbons (Fsp3) is 0.533. The highest BCUT2D eigenvalue weighted by Crippen LogP contribution is 2.09. The van der Waals surface area contributed by atoms with Gasteiger partial charge in [0.2, 0.25) is 0 Å². The van der Waals surface area contributed by atoms with Gasteiger partial charge in [0.15, 0.2) is 0 Å². The molecule has 1 amide bonds. The lowest BCUT2D eigenvalue weighted by molar-refractivity contribution is 0.0953. The van der Waals surface area contributed by atoms with Crippen molar-refractivity contribution in [3.63, 3.8) is 0 Å². The van der Waals surface area contributed by atoms with Gasteiger partial charge < -0.3 is 10.6 Å². The third-order valence-corrected chi connectivity index (χ3v) is 2.90. The van der Waals surface area contributed by atoms with Crippen molar-refractivity contribution >= 4 is 29.9 Å². The SMILES string of the molecule is CC(C)(C)NCCCCNC(=O)c1ccc(Cl)cc1.Cl. The van der Waals surface area contributed by atoms with E-state index >= 15 is 0 Å². The smallest absolute Gasteiger partial charge is 0.251 e. The largest absolute Gasteiger partial charge is 0.352 e. The van der Waals surface area contributed by atoms with E-state index in [2.05, 4.69) is 31.4 Å². The van der Waals surface area contributed by atoms with Gasteiger partial charge in [-0.1, -0.05) is 11.6 Å². The van der Waals surface area contributed by atoms with Gasteiger partial charge in [0.05, 0.1) is 0 Å². The molecule has 0 aromatic heterocycles. The molecule has 0 unspecified atom stereocenters. The van der Waals surface area contributed by atoms with Crippen LogP contribution in [0.5, 0.6) is 0 Å². The van der Waals surface area contributed by atoms with Crippen LogP contribution < -0.4 is 10.6 Å². The highest BCUT2D eigenvalue weighted by molar-refractivity contribution is 6.30. The van der Waals surface area contributed by atoms with Crippen LogP contribution in [0.3, 0.4) is 0 Å². The lowest BCUT2D eigenvalue weighted by Gasteiger charge is -2.20. The lowest BCUT2D eigenvalue weighted by Crippen LogP contribution is -2.36. The summed E-state index contributed by atoms with van der Waals surface area (Å²) in [4.78, 5) is 11.8. The Morgan fingerprint density at radius 3 is 2.20 bits per heavy atom. The van der Waals surface area contributed by atoms with Gasteiger partial charge in [0, 0.05) is 22.7 Å². The summed E-state index contributed by atoms with van der Waals surface area (Å²) in [5, 5.41) is 6.97. The monoisotopic (exact) mass is 318 g/mol. The van der Waals surface area contributed by atoms with Gasteiger partial charge in [0.25, 0.3) is 5.91 Å². The summed E-state index contributed by atoms with van der Waals surface area (Å²) >= 11 is 5.78. The molecule has 0 spiro atoms. The van der Waals surface area contributed by atoms with E-state index in [0.717, 1.165) is 19.4 Å². The van der Waals surface area contributed by atoms with Crippen LogP contribution in [0.15, 0.2) is 24.3 Å². The van der Waals surface area contributed by atoms with Crippen molar-refractivity contribution in [2.24, 2.45) is 0 Å². The van der Waals surface area contributed by atoms with E-state index in [-0.39, 0.29) is 23.9 Å². The predicted molar refractivity (Wildman–Crippen MR) is 88.0 cm³/mol. The van der Waals surface area contributed by atoms with E-state index in [1.807, 2.05) is 0 Å². The number of nitrogens with one attached hydrogen (secondary N) is 2. The normalized spacial score (nSPS) is 10.8. The standard InChI is InChI=1S/C15H23ClN2O.ClH/c1-15(2,3)18-11-5-4-10-17-14(19)12-6-8-13(16)9-7-12;/h6-9,18H,4-5,10-11H2,1-3H3,(H,17,19);1H. The van der Waals surface area contributed by atoms with Gasteiger partial charge in [-0.05, 0) is 64.4 Å². The first-order valence-corrected chi connectivity index (χ1v) is 7.05. The summed E-state index contributed by atoms with van der Waals surface area (Å²) in [6, 6.07) is 6.92. The maximum atomic E-state index is 11.8. The maximum absolute atomic E-state index is 11.8. The molecule has 3 nitrogen and oxygen atoms in total. The molecule has 0 saturated heterocycles. The summed E-state index contributed by atoms with van der Waals surface area (Å²) < 4.78 is 0. The molecule has 0 aliphatic heterocycles. The highest BCUT2D eigenvalue weighted by Gasteiger charge is 2.07. The number of hydrogen-bond donors (Lipinski definition) is 2. The van der Waals surface area contributed by atoms with Crippen LogP contribution in [0.25, 0.3) is 0 Å². The summed E-state index contributed by atoms with van der Waals surface area (Å²) in [5.74, 6) is -0.0413. The van der Waals surface area contributed by atoms with Crippen LogP contribution in [0.1, 0.15) is 44.0 Å². The van der Waals surface area contributed by atoms with Crippen LogP contribution in [-0.4, -0.2) is 24.5 Å². The molecule has 0 atom stereocenters. The molecular weight excluding hydrogens is 295 g/mol. The summed E-state index contributed by atoms with van der Waals surface area (Å²) in [5.41, 5.74) is 0.809. The van der Waals surface area contributed by atoms with Crippen molar-refractivity contribution in [3.05, 3.63) is 34.9 Å². The number of benzene rings is 1. The molecular formula is C15H24Cl2N2O. The van der Waals surface area contributed by atoms with Crippen molar-refractivity contribution < 1.29 is 4.79 Å². The molecule has 20 heavy (non-hydrogen) atoms. The number of halogens is 2. The number of carbonyl (C=O) groups is 1. The minimum Gasteiger partial charge on any atom is -0.352 e. The Morgan fingerprint density at radius 2 is 1.65 bits per heavy atom. The molecule has 0 heterocycles. The van der Waals surface area contributed by atoms with Crippen LogP contribution >= 0.6 is 24.0 Å². The molecule has 0 aliphatic rings. The number of hydrogen-bond acceptors (Lipinski definition) is 2. The van der Waals surface area contributed by atoms with Crippen LogP contribution in [-0.2, 0) is 0 Å². The second-order valence-corrected chi connectivity index (χ2v) is 6.08. The van der Waals surface area contributed by atoms with E-state index in [1.54, 1.807) is 24.3 Å². The van der Waals surface area contributed by atoms with Gasteiger partial charge >= 0.3 is 0 Å². The average Bonchev–Trinajstić information content (AvgIpc) is 2.33. The topological polar surface area (TPSA) is 41.1 Å². The second kappa shape index (κ2) is 9.22. The predicted octanol–water partition coefficient (Wildman–Crippen LogP) is 3.66. The van der Waals surface area contributed by atoms with Gasteiger partial charge in [-0.2, -0.15) is 0 Å². The quantitative estimate of drug-likeness (QED) is 0.786. The third-order valence-electron chi connectivity index (χ3n) is 2.65. The zero-order valence-electron chi connectivity index (χ0n) is 12.3.